The molecule has 2 aromatic carbocycles. The van der Waals surface area contributed by atoms with E-state index in [0.29, 0.717) is 47.0 Å². The largest absolute Gasteiger partial charge is 0.496 e. The van der Waals surface area contributed by atoms with Crippen molar-refractivity contribution >= 4 is 23.0 Å². The van der Waals surface area contributed by atoms with E-state index in [2.05, 4.69) is 11.1 Å². The van der Waals surface area contributed by atoms with E-state index in [0.717, 1.165) is 28.9 Å². The normalized spacial score (nSPS) is 13.6. The van der Waals surface area contributed by atoms with Crippen molar-refractivity contribution < 1.29 is 28.2 Å². The summed E-state index contributed by atoms with van der Waals surface area (Å²) in [6.07, 6.45) is 3.27. The smallest absolute Gasteiger partial charge is 0.321 e. The number of benzene rings is 2. The zero-order valence-electron chi connectivity index (χ0n) is 21.5. The van der Waals surface area contributed by atoms with Crippen LogP contribution in [0.15, 0.2) is 59.1 Å². The van der Waals surface area contributed by atoms with Crippen LogP contribution < -0.4 is 15.2 Å². The molecule has 10 heteroatoms. The van der Waals surface area contributed by atoms with Crippen LogP contribution in [0.25, 0.3) is 33.6 Å². The Hall–Kier alpha value is -4.88. The van der Waals surface area contributed by atoms with Crippen LogP contribution in [0.3, 0.4) is 0 Å². The zero-order valence-corrected chi connectivity index (χ0v) is 21.5. The number of carbonyl (C=O) groups excluding carboxylic acids is 2. The SMILES string of the molecule is COc1cc(-c2cc3nccc(-c4ccc(OC5CCOCC5)c(C#N)c4)c3o2)ccc1C(=O)N(C)C(N)=O. The number of pyridine rings is 1. The number of hydrogen-bond donors (Lipinski definition) is 1. The van der Waals surface area contributed by atoms with E-state index in [9.17, 15) is 14.9 Å². The molecular formula is C29H26N4O6. The number of urea groups is 1. The first-order chi connectivity index (χ1) is 18.9. The summed E-state index contributed by atoms with van der Waals surface area (Å²) in [5, 5.41) is 9.81. The predicted octanol–water partition coefficient (Wildman–Crippen LogP) is 4.75. The van der Waals surface area contributed by atoms with Gasteiger partial charge in [-0.1, -0.05) is 12.1 Å². The summed E-state index contributed by atoms with van der Waals surface area (Å²) in [5.74, 6) is 0.725. The summed E-state index contributed by atoms with van der Waals surface area (Å²) >= 11 is 0. The molecule has 1 aliphatic rings. The van der Waals surface area contributed by atoms with Gasteiger partial charge in [0.15, 0.2) is 5.58 Å². The topological polar surface area (TPSA) is 141 Å². The highest BCUT2D eigenvalue weighted by Crippen LogP contribution is 2.37. The Morgan fingerprint density at radius 3 is 2.56 bits per heavy atom. The van der Waals surface area contributed by atoms with Gasteiger partial charge in [-0.05, 0) is 35.9 Å². The first kappa shape index (κ1) is 25.8. The number of furan rings is 1. The molecule has 1 aliphatic heterocycles. The molecule has 2 aromatic heterocycles. The zero-order chi connectivity index (χ0) is 27.5. The maximum atomic E-state index is 12.6. The first-order valence-corrected chi connectivity index (χ1v) is 12.3. The van der Waals surface area contributed by atoms with Gasteiger partial charge in [0, 0.05) is 43.3 Å². The molecule has 2 N–H and O–H groups in total. The summed E-state index contributed by atoms with van der Waals surface area (Å²) in [5.41, 5.74) is 9.21. The Morgan fingerprint density at radius 1 is 1.08 bits per heavy atom. The number of ether oxygens (including phenoxy) is 3. The van der Waals surface area contributed by atoms with E-state index >= 15 is 0 Å². The molecule has 0 aliphatic carbocycles. The van der Waals surface area contributed by atoms with Crippen molar-refractivity contribution in [3.8, 4) is 40.0 Å². The van der Waals surface area contributed by atoms with Crippen LogP contribution in [0.2, 0.25) is 0 Å². The van der Waals surface area contributed by atoms with Crippen LogP contribution in [-0.2, 0) is 4.74 Å². The second-order valence-corrected chi connectivity index (χ2v) is 9.05. The van der Waals surface area contributed by atoms with Crippen molar-refractivity contribution in [1.82, 2.24) is 9.88 Å². The molecule has 1 fully saturated rings. The van der Waals surface area contributed by atoms with E-state index in [4.69, 9.17) is 24.4 Å². The van der Waals surface area contributed by atoms with Gasteiger partial charge < -0.3 is 24.4 Å². The van der Waals surface area contributed by atoms with Crippen LogP contribution in [0, 0.1) is 11.3 Å². The average Bonchev–Trinajstić information content (AvgIpc) is 3.41. The predicted molar refractivity (Wildman–Crippen MR) is 142 cm³/mol. The fraction of sp³-hybridized carbons (Fsp3) is 0.241. The number of methoxy groups -OCH3 is 1. The highest BCUT2D eigenvalue weighted by molar-refractivity contribution is 6.05. The van der Waals surface area contributed by atoms with Crippen molar-refractivity contribution in [2.45, 2.75) is 18.9 Å². The lowest BCUT2D eigenvalue weighted by molar-refractivity contribution is 0.0254. The van der Waals surface area contributed by atoms with Gasteiger partial charge in [0.2, 0.25) is 0 Å². The lowest BCUT2D eigenvalue weighted by Gasteiger charge is -2.23. The Balaban J connectivity index is 1.48. The van der Waals surface area contributed by atoms with Crippen LogP contribution in [-0.4, -0.2) is 55.3 Å². The van der Waals surface area contributed by atoms with Crippen LogP contribution in [0.4, 0.5) is 4.79 Å². The fourth-order valence-electron chi connectivity index (χ4n) is 4.47. The molecule has 198 valence electrons. The lowest BCUT2D eigenvalue weighted by atomic mass is 10.0. The van der Waals surface area contributed by atoms with E-state index in [1.165, 1.54) is 14.2 Å². The van der Waals surface area contributed by atoms with E-state index in [-0.39, 0.29) is 17.4 Å². The van der Waals surface area contributed by atoms with Gasteiger partial charge in [0.1, 0.15) is 34.9 Å². The Bertz CT molecular complexity index is 1600. The van der Waals surface area contributed by atoms with E-state index in [1.807, 2.05) is 18.2 Å². The van der Waals surface area contributed by atoms with Crippen molar-refractivity contribution in [3.05, 3.63) is 65.9 Å². The number of primary amides is 1. The highest BCUT2D eigenvalue weighted by Gasteiger charge is 2.22. The summed E-state index contributed by atoms with van der Waals surface area (Å²) in [7, 11) is 2.73. The minimum atomic E-state index is -0.871. The third-order valence-electron chi connectivity index (χ3n) is 6.64. The van der Waals surface area contributed by atoms with Crippen molar-refractivity contribution in [3.63, 3.8) is 0 Å². The Kier molecular flexibility index (Phi) is 7.17. The van der Waals surface area contributed by atoms with Crippen molar-refractivity contribution in [2.24, 2.45) is 5.73 Å². The molecule has 0 radical (unpaired) electrons. The number of rotatable bonds is 6. The number of hydrogen-bond acceptors (Lipinski definition) is 8. The van der Waals surface area contributed by atoms with Gasteiger partial charge in [-0.3, -0.25) is 14.7 Å². The lowest BCUT2D eigenvalue weighted by Crippen LogP contribution is -2.37. The number of imide groups is 1. The number of carbonyl (C=O) groups is 2. The van der Waals surface area contributed by atoms with Crippen LogP contribution >= 0.6 is 0 Å². The number of nitrogens with zero attached hydrogens (tertiary/aromatic N) is 3. The molecule has 4 aromatic rings. The highest BCUT2D eigenvalue weighted by atomic mass is 16.5. The van der Waals surface area contributed by atoms with Crippen LogP contribution in [0.1, 0.15) is 28.8 Å². The molecule has 3 amide bonds. The quantitative estimate of drug-likeness (QED) is 0.379. The standard InChI is InChI=1S/C29H26N4O6/c1-33(29(31)35)28(34)22-5-3-18(14-26(22)36-2)25-15-23-27(39-25)21(7-10-32-23)17-4-6-24(19(13-17)16-30)38-20-8-11-37-12-9-20/h3-7,10,13-15,20H,8-9,11-12H2,1-2H3,(H2,31,35). The molecule has 3 heterocycles. The monoisotopic (exact) mass is 526 g/mol. The molecule has 5 rings (SSSR count). The third kappa shape index (κ3) is 5.12. The number of amides is 3. The van der Waals surface area contributed by atoms with Crippen molar-refractivity contribution in [1.29, 1.82) is 5.26 Å². The molecule has 1 saturated heterocycles. The van der Waals surface area contributed by atoms with Gasteiger partial charge in [0.05, 0.1) is 31.5 Å². The molecule has 0 atom stereocenters. The van der Waals surface area contributed by atoms with Gasteiger partial charge in [0.25, 0.3) is 5.91 Å². The fourth-order valence-corrected chi connectivity index (χ4v) is 4.47. The maximum Gasteiger partial charge on any atom is 0.321 e. The molecule has 10 nitrogen and oxygen atoms in total. The van der Waals surface area contributed by atoms with Gasteiger partial charge in [-0.25, -0.2) is 4.79 Å². The summed E-state index contributed by atoms with van der Waals surface area (Å²) in [4.78, 5) is 29.3. The Morgan fingerprint density at radius 2 is 1.85 bits per heavy atom. The van der Waals surface area contributed by atoms with Gasteiger partial charge in [-0.15, -0.1) is 0 Å². The molecule has 0 saturated carbocycles. The number of nitriles is 1. The minimum absolute atomic E-state index is 0.0202. The second-order valence-electron chi connectivity index (χ2n) is 9.05. The summed E-state index contributed by atoms with van der Waals surface area (Å²) < 4.78 is 23.1. The van der Waals surface area contributed by atoms with Crippen LogP contribution in [0.5, 0.6) is 11.5 Å². The van der Waals surface area contributed by atoms with E-state index < -0.39 is 11.9 Å². The minimum Gasteiger partial charge on any atom is -0.496 e. The number of nitrogens with two attached hydrogens (primary N) is 1. The first-order valence-electron chi connectivity index (χ1n) is 12.3. The van der Waals surface area contributed by atoms with E-state index in [1.54, 1.807) is 36.5 Å². The Labute approximate surface area is 224 Å². The third-order valence-corrected chi connectivity index (χ3v) is 6.64. The van der Waals surface area contributed by atoms with Gasteiger partial charge >= 0.3 is 6.03 Å². The second kappa shape index (κ2) is 10.8. The maximum absolute atomic E-state index is 12.6. The van der Waals surface area contributed by atoms with Crippen molar-refractivity contribution in [2.75, 3.05) is 27.4 Å². The number of aromatic nitrogens is 1. The molecular weight excluding hydrogens is 500 g/mol. The van der Waals surface area contributed by atoms with Gasteiger partial charge in [-0.2, -0.15) is 5.26 Å². The molecule has 39 heavy (non-hydrogen) atoms. The summed E-state index contributed by atoms with van der Waals surface area (Å²) in [6, 6.07) is 15.4. The molecule has 0 unspecified atom stereocenters. The molecule has 0 spiro atoms. The summed E-state index contributed by atoms with van der Waals surface area (Å²) in [6.45, 7) is 1.30. The molecule has 0 bridgehead atoms. The number of fused-ring (bicyclic) bond motifs is 1. The average molecular weight is 527 g/mol.